The summed E-state index contributed by atoms with van der Waals surface area (Å²) in [5.74, 6) is -6.33. The zero-order valence-corrected chi connectivity index (χ0v) is 17.5. The number of aliphatic hydroxyl groups is 1. The predicted molar refractivity (Wildman–Crippen MR) is 108 cm³/mol. The van der Waals surface area contributed by atoms with E-state index in [9.17, 15) is 33.9 Å². The van der Waals surface area contributed by atoms with E-state index in [1.165, 1.54) is 11.8 Å². The van der Waals surface area contributed by atoms with Gasteiger partial charge in [0.05, 0.1) is 25.5 Å². The smallest absolute Gasteiger partial charge is 0.326 e. The molecule has 0 aromatic carbocycles. The topological polar surface area (TPSA) is 251 Å². The Labute approximate surface area is 181 Å². The third kappa shape index (κ3) is 11.2. The number of carbonyl (C=O) groups is 6. The Morgan fingerprint density at radius 2 is 1.39 bits per heavy atom. The minimum Gasteiger partial charge on any atom is -0.481 e. The summed E-state index contributed by atoms with van der Waals surface area (Å²) in [6.45, 7) is -0.881. The fraction of sp³-hybridized carbons (Fsp3) is 0.625. The van der Waals surface area contributed by atoms with Crippen LogP contribution in [0.15, 0.2) is 0 Å². The van der Waals surface area contributed by atoms with Gasteiger partial charge >= 0.3 is 11.9 Å². The minimum atomic E-state index is -1.61. The average molecular weight is 465 g/mol. The van der Waals surface area contributed by atoms with Crippen LogP contribution in [0.2, 0.25) is 0 Å². The number of hydrogen-bond acceptors (Lipinski definition) is 9. The van der Waals surface area contributed by atoms with Gasteiger partial charge in [-0.1, -0.05) is 0 Å². The number of amides is 4. The van der Waals surface area contributed by atoms with Crippen LogP contribution >= 0.6 is 11.8 Å². The van der Waals surface area contributed by atoms with Crippen molar-refractivity contribution in [2.75, 3.05) is 18.6 Å². The van der Waals surface area contributed by atoms with Crippen molar-refractivity contribution in [2.45, 2.75) is 43.4 Å². The van der Waals surface area contributed by atoms with Crippen molar-refractivity contribution in [1.82, 2.24) is 16.0 Å². The number of hydrogen-bond donors (Lipinski definition) is 8. The van der Waals surface area contributed by atoms with Crippen LogP contribution in [0.1, 0.15) is 19.3 Å². The first-order valence-corrected chi connectivity index (χ1v) is 10.3. The Morgan fingerprint density at radius 1 is 0.871 bits per heavy atom. The molecule has 0 aliphatic carbocycles. The van der Waals surface area contributed by atoms with Gasteiger partial charge in [-0.3, -0.25) is 24.0 Å². The number of aliphatic hydroxyl groups excluding tert-OH is 1. The van der Waals surface area contributed by atoms with Gasteiger partial charge in [-0.15, -0.1) is 0 Å². The van der Waals surface area contributed by atoms with E-state index in [2.05, 4.69) is 16.0 Å². The SMILES string of the molecule is CSCCC(NC(=O)C(CO)NC(=O)C(N)CC(=O)O)C(=O)NC(CC(N)=O)C(=O)O. The molecule has 0 heterocycles. The molecule has 0 aliphatic heterocycles. The molecule has 0 radical (unpaired) electrons. The first-order chi connectivity index (χ1) is 14.4. The van der Waals surface area contributed by atoms with E-state index in [1.807, 2.05) is 0 Å². The van der Waals surface area contributed by atoms with Crippen LogP contribution in [0.5, 0.6) is 0 Å². The van der Waals surface area contributed by atoms with Gasteiger partial charge in [-0.25, -0.2) is 4.79 Å². The summed E-state index contributed by atoms with van der Waals surface area (Å²) >= 11 is 1.33. The van der Waals surface area contributed by atoms with Crippen LogP contribution in [-0.4, -0.2) is 93.7 Å². The maximum atomic E-state index is 12.5. The van der Waals surface area contributed by atoms with Gasteiger partial charge in [0.15, 0.2) is 0 Å². The number of primary amides is 1. The molecule has 0 rings (SSSR count). The van der Waals surface area contributed by atoms with Crippen molar-refractivity contribution in [3.05, 3.63) is 0 Å². The molecule has 0 aromatic heterocycles. The second-order valence-corrected chi connectivity index (χ2v) is 7.35. The first-order valence-electron chi connectivity index (χ1n) is 8.92. The highest BCUT2D eigenvalue weighted by Gasteiger charge is 2.30. The minimum absolute atomic E-state index is 0.0618. The Hall–Kier alpha value is -2.91. The van der Waals surface area contributed by atoms with Crippen molar-refractivity contribution in [2.24, 2.45) is 11.5 Å². The van der Waals surface area contributed by atoms with E-state index in [-0.39, 0.29) is 6.42 Å². The molecule has 10 N–H and O–H groups in total. The number of carbonyl (C=O) groups excluding carboxylic acids is 4. The molecular formula is C16H27N5O9S. The molecule has 0 aliphatic rings. The number of carboxylic acids is 2. The lowest BCUT2D eigenvalue weighted by atomic mass is 10.1. The summed E-state index contributed by atoms with van der Waals surface area (Å²) in [7, 11) is 0. The quantitative estimate of drug-likeness (QED) is 0.115. The summed E-state index contributed by atoms with van der Waals surface area (Å²) in [6.07, 6.45) is 0.415. The summed E-state index contributed by atoms with van der Waals surface area (Å²) in [5, 5.41) is 33.6. The molecule has 0 saturated heterocycles. The zero-order valence-electron chi connectivity index (χ0n) is 16.7. The Morgan fingerprint density at radius 3 is 1.84 bits per heavy atom. The third-order valence-electron chi connectivity index (χ3n) is 3.81. The molecule has 31 heavy (non-hydrogen) atoms. The number of carboxylic acid groups (broad SMARTS) is 2. The summed E-state index contributed by atoms with van der Waals surface area (Å²) in [5.41, 5.74) is 10.4. The normalized spacial score (nSPS) is 14.4. The molecule has 0 spiro atoms. The molecule has 14 nitrogen and oxygen atoms in total. The molecule has 0 aromatic rings. The van der Waals surface area contributed by atoms with Crippen molar-refractivity contribution in [1.29, 1.82) is 0 Å². The molecule has 176 valence electrons. The van der Waals surface area contributed by atoms with Gasteiger partial charge in [-0.05, 0) is 18.4 Å². The lowest BCUT2D eigenvalue weighted by molar-refractivity contribution is -0.143. The Kier molecular flexibility index (Phi) is 12.8. The molecule has 4 unspecified atom stereocenters. The number of nitrogens with one attached hydrogen (secondary N) is 3. The fourth-order valence-electron chi connectivity index (χ4n) is 2.20. The van der Waals surface area contributed by atoms with E-state index < -0.39 is 79.2 Å². The maximum absolute atomic E-state index is 12.5. The van der Waals surface area contributed by atoms with E-state index in [0.717, 1.165) is 0 Å². The third-order valence-corrected chi connectivity index (χ3v) is 4.45. The largest absolute Gasteiger partial charge is 0.481 e. The van der Waals surface area contributed by atoms with Gasteiger partial charge < -0.3 is 42.7 Å². The highest BCUT2D eigenvalue weighted by molar-refractivity contribution is 7.98. The van der Waals surface area contributed by atoms with Crippen molar-refractivity contribution < 1.29 is 44.1 Å². The number of rotatable bonds is 15. The lowest BCUT2D eigenvalue weighted by Crippen LogP contribution is -2.58. The van der Waals surface area contributed by atoms with Crippen LogP contribution in [-0.2, 0) is 28.8 Å². The van der Waals surface area contributed by atoms with Crippen molar-refractivity contribution in [3.8, 4) is 0 Å². The fourth-order valence-corrected chi connectivity index (χ4v) is 2.68. The molecule has 0 fully saturated rings. The Bertz CT molecular complexity index is 690. The molecule has 0 bridgehead atoms. The molecule has 4 atom stereocenters. The van der Waals surface area contributed by atoms with E-state index in [0.29, 0.717) is 5.75 Å². The number of thioether (sulfide) groups is 1. The highest BCUT2D eigenvalue weighted by Crippen LogP contribution is 2.04. The van der Waals surface area contributed by atoms with Crippen LogP contribution in [0, 0.1) is 0 Å². The zero-order chi connectivity index (χ0) is 24.1. The lowest BCUT2D eigenvalue weighted by Gasteiger charge is -2.24. The molecule has 0 saturated carbocycles. The number of aliphatic carboxylic acids is 2. The molecule has 15 heteroatoms. The summed E-state index contributed by atoms with van der Waals surface area (Å²) in [4.78, 5) is 69.6. The van der Waals surface area contributed by atoms with Crippen LogP contribution < -0.4 is 27.4 Å². The first kappa shape index (κ1) is 28.1. The second kappa shape index (κ2) is 14.2. The van der Waals surface area contributed by atoms with Crippen LogP contribution in [0.3, 0.4) is 0 Å². The standard InChI is InChI=1S/C16H27N5O9S/c1-31-3-2-8(14(27)20-9(16(29)30)5-11(18)23)19-15(28)10(6-22)21-13(26)7(17)4-12(24)25/h7-10,22H,2-6,17H2,1H3,(H2,18,23)(H,19,28)(H,20,27)(H,21,26)(H,24,25)(H,29,30). The van der Waals surface area contributed by atoms with Gasteiger partial charge in [0.25, 0.3) is 0 Å². The summed E-state index contributed by atoms with van der Waals surface area (Å²) in [6, 6.07) is -5.88. The van der Waals surface area contributed by atoms with Gasteiger partial charge in [0.2, 0.25) is 23.6 Å². The highest BCUT2D eigenvalue weighted by atomic mass is 32.2. The second-order valence-electron chi connectivity index (χ2n) is 6.36. The van der Waals surface area contributed by atoms with Gasteiger partial charge in [-0.2, -0.15) is 11.8 Å². The van der Waals surface area contributed by atoms with E-state index in [4.69, 9.17) is 21.7 Å². The monoisotopic (exact) mass is 465 g/mol. The van der Waals surface area contributed by atoms with Gasteiger partial charge in [0, 0.05) is 0 Å². The van der Waals surface area contributed by atoms with Gasteiger partial charge in [0.1, 0.15) is 18.1 Å². The molecular weight excluding hydrogens is 438 g/mol. The van der Waals surface area contributed by atoms with Crippen molar-refractivity contribution >= 4 is 47.3 Å². The van der Waals surface area contributed by atoms with Crippen molar-refractivity contribution in [3.63, 3.8) is 0 Å². The van der Waals surface area contributed by atoms with E-state index in [1.54, 1.807) is 6.26 Å². The number of nitrogens with two attached hydrogens (primary N) is 2. The van der Waals surface area contributed by atoms with Crippen LogP contribution in [0.25, 0.3) is 0 Å². The molecule has 4 amide bonds. The Balaban J connectivity index is 5.24. The maximum Gasteiger partial charge on any atom is 0.326 e. The predicted octanol–water partition coefficient (Wildman–Crippen LogP) is -4.05. The summed E-state index contributed by atoms with van der Waals surface area (Å²) < 4.78 is 0. The van der Waals surface area contributed by atoms with E-state index >= 15 is 0 Å². The van der Waals surface area contributed by atoms with Crippen LogP contribution in [0.4, 0.5) is 0 Å². The average Bonchev–Trinajstić information content (AvgIpc) is 2.67.